The third-order valence-electron chi connectivity index (χ3n) is 9.44. The number of benzene rings is 3. The van der Waals surface area contributed by atoms with E-state index in [9.17, 15) is 26.4 Å². The molecule has 0 atom stereocenters. The van der Waals surface area contributed by atoms with Gasteiger partial charge >= 0.3 is 0 Å². The van der Waals surface area contributed by atoms with Gasteiger partial charge in [0, 0.05) is 26.2 Å². The van der Waals surface area contributed by atoms with Crippen LogP contribution in [0.1, 0.15) is 67.4 Å². The summed E-state index contributed by atoms with van der Waals surface area (Å²) in [5.41, 5.74) is 3.05. The summed E-state index contributed by atoms with van der Waals surface area (Å²) in [6.45, 7) is 5.19. The standard InChI is InChI=1S/C21H22N4O3S2.C18H24N4O3S2/c26-20(25-13-5-2-6-14-25)15-19-22-23-21(29-19)24-30(27,28)18-11-9-17(10-12-18)16-7-3-1-4-8-16;1-2-6-14-7-9-15(10-8-14)27(24,25)21-18-20-19-16(26-18)13-17(23)22-11-4-3-5-12-22/h1,3-4,7-12H,2,5-6,13-15H2,(H,23,24);7-10H,2-6,11-13H2,1H3,(H,20,21). The minimum Gasteiger partial charge on any atom is -0.342 e. The predicted molar refractivity (Wildman–Crippen MR) is 222 cm³/mol. The molecule has 57 heavy (non-hydrogen) atoms. The average molecular weight is 851 g/mol. The summed E-state index contributed by atoms with van der Waals surface area (Å²) in [4.78, 5) is 28.7. The van der Waals surface area contributed by atoms with Gasteiger partial charge in [-0.15, -0.1) is 20.4 Å². The lowest BCUT2D eigenvalue weighted by Crippen LogP contribution is -2.36. The second kappa shape index (κ2) is 19.6. The number of hydrogen-bond acceptors (Lipinski definition) is 12. The van der Waals surface area contributed by atoms with Crippen molar-refractivity contribution in [3.63, 3.8) is 0 Å². The first kappa shape index (κ1) is 41.8. The van der Waals surface area contributed by atoms with Gasteiger partial charge in [0.25, 0.3) is 20.0 Å². The third kappa shape index (κ3) is 11.9. The minimum atomic E-state index is -3.79. The van der Waals surface area contributed by atoms with E-state index in [4.69, 9.17) is 0 Å². The number of likely N-dealkylation sites (tertiary alicyclic amines) is 2. The van der Waals surface area contributed by atoms with E-state index < -0.39 is 20.0 Å². The summed E-state index contributed by atoms with van der Waals surface area (Å²) < 4.78 is 55.3. The fourth-order valence-corrected chi connectivity index (χ4v) is 10.4. The number of carbonyl (C=O) groups excluding carboxylic acids is 2. The molecule has 0 radical (unpaired) electrons. The van der Waals surface area contributed by atoms with Crippen molar-refractivity contribution in [2.45, 2.75) is 80.9 Å². The zero-order valence-corrected chi connectivity index (χ0v) is 34.9. The van der Waals surface area contributed by atoms with Crippen molar-refractivity contribution in [1.82, 2.24) is 30.2 Å². The number of aromatic nitrogens is 4. The highest BCUT2D eigenvalue weighted by molar-refractivity contribution is 7.93. The van der Waals surface area contributed by atoms with E-state index in [2.05, 4.69) is 36.8 Å². The Morgan fingerprint density at radius 2 is 1.00 bits per heavy atom. The summed E-state index contributed by atoms with van der Waals surface area (Å²) >= 11 is 2.18. The first-order chi connectivity index (χ1) is 27.5. The Morgan fingerprint density at radius 1 is 0.579 bits per heavy atom. The van der Waals surface area contributed by atoms with Crippen LogP contribution >= 0.6 is 22.7 Å². The van der Waals surface area contributed by atoms with Crippen LogP contribution in [0.4, 0.5) is 10.3 Å². The van der Waals surface area contributed by atoms with Crippen LogP contribution in [0.5, 0.6) is 0 Å². The monoisotopic (exact) mass is 850 g/mol. The van der Waals surface area contributed by atoms with Crippen molar-refractivity contribution in [2.24, 2.45) is 0 Å². The highest BCUT2D eigenvalue weighted by atomic mass is 32.2. The van der Waals surface area contributed by atoms with Crippen LogP contribution in [0.3, 0.4) is 0 Å². The second-order valence-corrected chi connectivity index (χ2v) is 19.2. The number of sulfonamides is 2. The van der Waals surface area contributed by atoms with Gasteiger partial charge in [-0.2, -0.15) is 0 Å². The molecule has 5 aromatic rings. The number of piperidine rings is 2. The van der Waals surface area contributed by atoms with Crippen LogP contribution in [0.2, 0.25) is 0 Å². The zero-order valence-electron chi connectivity index (χ0n) is 31.7. The molecule has 0 spiro atoms. The maximum Gasteiger partial charge on any atom is 0.263 e. The minimum absolute atomic E-state index is 0.0109. The van der Waals surface area contributed by atoms with Crippen molar-refractivity contribution < 1.29 is 26.4 Å². The van der Waals surface area contributed by atoms with Gasteiger partial charge in [0.2, 0.25) is 22.1 Å². The van der Waals surface area contributed by atoms with Crippen LogP contribution < -0.4 is 9.44 Å². The molecule has 2 fully saturated rings. The molecule has 3 aromatic carbocycles. The first-order valence-corrected chi connectivity index (χ1v) is 23.6. The van der Waals surface area contributed by atoms with Crippen LogP contribution in [-0.4, -0.2) is 85.0 Å². The molecular formula is C39H46N8O6S4. The molecule has 2 N–H and O–H groups in total. The zero-order chi connectivity index (χ0) is 40.3. The highest BCUT2D eigenvalue weighted by Crippen LogP contribution is 2.25. The molecule has 302 valence electrons. The number of amides is 2. The predicted octanol–water partition coefficient (Wildman–Crippen LogP) is 6.41. The van der Waals surface area contributed by atoms with E-state index in [-0.39, 0.29) is 44.7 Å². The Hall–Kier alpha value is -4.78. The van der Waals surface area contributed by atoms with Gasteiger partial charge in [0.15, 0.2) is 0 Å². The molecule has 7 rings (SSSR count). The first-order valence-electron chi connectivity index (χ1n) is 19.0. The number of aryl methyl sites for hydroxylation is 1. The molecule has 4 heterocycles. The molecule has 2 amide bonds. The average Bonchev–Trinajstić information content (AvgIpc) is 3.87. The molecule has 2 aliphatic heterocycles. The second-order valence-electron chi connectivity index (χ2n) is 13.7. The van der Waals surface area contributed by atoms with Gasteiger partial charge in [0.05, 0.1) is 22.6 Å². The van der Waals surface area contributed by atoms with Crippen LogP contribution in [-0.2, 0) is 48.9 Å². The topological polar surface area (TPSA) is 185 Å². The number of nitrogens with zero attached hydrogens (tertiary/aromatic N) is 6. The van der Waals surface area contributed by atoms with Crippen molar-refractivity contribution in [3.8, 4) is 11.1 Å². The normalized spacial score (nSPS) is 14.7. The van der Waals surface area contributed by atoms with E-state index in [0.29, 0.717) is 10.0 Å². The fourth-order valence-electron chi connectivity index (χ4n) is 6.43. The molecule has 18 heteroatoms. The molecule has 0 unspecified atom stereocenters. The highest BCUT2D eigenvalue weighted by Gasteiger charge is 2.23. The van der Waals surface area contributed by atoms with Gasteiger partial charge in [-0.1, -0.05) is 90.6 Å². The summed E-state index contributed by atoms with van der Waals surface area (Å²) in [7, 11) is -7.50. The van der Waals surface area contributed by atoms with E-state index in [0.717, 1.165) is 117 Å². The fraction of sp³-hybridized carbons (Fsp3) is 0.385. The maximum absolute atomic E-state index is 12.7. The van der Waals surface area contributed by atoms with Crippen LogP contribution in [0.25, 0.3) is 11.1 Å². The van der Waals surface area contributed by atoms with E-state index in [1.807, 2.05) is 52.3 Å². The maximum atomic E-state index is 12.7. The lowest BCUT2D eigenvalue weighted by molar-refractivity contribution is -0.132. The van der Waals surface area contributed by atoms with E-state index >= 15 is 0 Å². The number of carbonyl (C=O) groups is 2. The largest absolute Gasteiger partial charge is 0.342 e. The number of nitrogens with one attached hydrogen (secondary N) is 2. The van der Waals surface area contributed by atoms with Crippen LogP contribution in [0.15, 0.2) is 88.7 Å². The lowest BCUT2D eigenvalue weighted by Gasteiger charge is -2.26. The van der Waals surface area contributed by atoms with Gasteiger partial charge in [-0.05, 0) is 85.9 Å². The van der Waals surface area contributed by atoms with E-state index in [1.165, 1.54) is 0 Å². The quantitative estimate of drug-likeness (QED) is 0.134. The summed E-state index contributed by atoms with van der Waals surface area (Å²) in [5.74, 6) is 0.0310. The van der Waals surface area contributed by atoms with Gasteiger partial charge < -0.3 is 9.80 Å². The van der Waals surface area contributed by atoms with Crippen molar-refractivity contribution >= 4 is 64.8 Å². The Balaban J connectivity index is 0.000000194. The van der Waals surface area contributed by atoms with Crippen molar-refractivity contribution in [2.75, 3.05) is 35.6 Å². The Kier molecular flexibility index (Phi) is 14.4. The number of hydrogen-bond donors (Lipinski definition) is 2. The summed E-state index contributed by atoms with van der Waals surface area (Å²) in [6, 6.07) is 23.2. The Bertz CT molecular complexity index is 2310. The van der Waals surface area contributed by atoms with Crippen LogP contribution in [0, 0.1) is 0 Å². The van der Waals surface area contributed by atoms with Gasteiger partial charge in [-0.25, -0.2) is 16.8 Å². The Morgan fingerprint density at radius 3 is 1.44 bits per heavy atom. The molecular weight excluding hydrogens is 805 g/mol. The lowest BCUT2D eigenvalue weighted by atomic mass is 10.1. The molecule has 2 aliphatic rings. The van der Waals surface area contributed by atoms with Crippen molar-refractivity contribution in [1.29, 1.82) is 0 Å². The molecule has 0 saturated carbocycles. The molecule has 14 nitrogen and oxygen atoms in total. The number of rotatable bonds is 13. The van der Waals surface area contributed by atoms with Crippen molar-refractivity contribution in [3.05, 3.63) is 94.4 Å². The summed E-state index contributed by atoms with van der Waals surface area (Å²) in [6.07, 6.45) is 8.65. The SMILES string of the molecule is CCCc1ccc(S(=O)(=O)Nc2nnc(CC(=O)N3CCCCC3)s2)cc1.O=C(Cc1nnc(NS(=O)(=O)c2ccc(-c3ccccc3)cc2)s1)N1CCCCC1. The molecule has 0 bridgehead atoms. The molecule has 2 aromatic heterocycles. The van der Waals surface area contributed by atoms with Gasteiger partial charge in [-0.3, -0.25) is 19.0 Å². The van der Waals surface area contributed by atoms with Gasteiger partial charge in [0.1, 0.15) is 10.0 Å². The van der Waals surface area contributed by atoms with E-state index in [1.54, 1.807) is 36.4 Å². The number of anilines is 2. The molecule has 2 saturated heterocycles. The third-order valence-corrected chi connectivity index (χ3v) is 14.1. The molecule has 0 aliphatic carbocycles. The smallest absolute Gasteiger partial charge is 0.263 e. The summed E-state index contributed by atoms with van der Waals surface area (Å²) in [5, 5.41) is 17.1. The Labute approximate surface area is 341 Å².